The van der Waals surface area contributed by atoms with Crippen molar-refractivity contribution in [2.75, 3.05) is 19.0 Å². The molecule has 1 aromatic rings. The van der Waals surface area contributed by atoms with Gasteiger partial charge in [0.15, 0.2) is 0 Å². The van der Waals surface area contributed by atoms with Crippen LogP contribution in [-0.2, 0) is 9.53 Å². The third kappa shape index (κ3) is 3.98. The summed E-state index contributed by atoms with van der Waals surface area (Å²) in [5.41, 5.74) is 1.20. The van der Waals surface area contributed by atoms with Crippen LogP contribution in [0.4, 0.5) is 5.69 Å². The molecule has 0 radical (unpaired) electrons. The number of anilines is 1. The van der Waals surface area contributed by atoms with Crippen LogP contribution in [0.3, 0.4) is 0 Å². The first-order valence-corrected chi connectivity index (χ1v) is 6.90. The predicted molar refractivity (Wildman–Crippen MR) is 76.7 cm³/mol. The highest BCUT2D eigenvalue weighted by molar-refractivity contribution is 5.90. The summed E-state index contributed by atoms with van der Waals surface area (Å²) in [6.07, 6.45) is 4.53. The molecule has 1 aliphatic carbocycles. The van der Waals surface area contributed by atoms with Crippen LogP contribution in [-0.4, -0.2) is 31.6 Å². The summed E-state index contributed by atoms with van der Waals surface area (Å²) in [6.45, 7) is 0.209. The van der Waals surface area contributed by atoms with Crippen LogP contribution in [0.15, 0.2) is 24.3 Å². The maximum Gasteiger partial charge on any atom is 0.337 e. The molecule has 20 heavy (non-hydrogen) atoms. The number of nitrogens with one attached hydrogen (secondary N) is 2. The highest BCUT2D eigenvalue weighted by Crippen LogP contribution is 2.17. The van der Waals surface area contributed by atoms with Crippen LogP contribution in [0, 0.1) is 0 Å². The third-order valence-corrected chi connectivity index (χ3v) is 3.46. The second-order valence-electron chi connectivity index (χ2n) is 4.97. The maximum atomic E-state index is 11.8. The highest BCUT2D eigenvalue weighted by Gasteiger charge is 2.16. The minimum atomic E-state index is -0.385. The number of esters is 1. The van der Waals surface area contributed by atoms with E-state index in [1.165, 1.54) is 20.0 Å². The largest absolute Gasteiger partial charge is 0.465 e. The molecule has 0 unspecified atom stereocenters. The van der Waals surface area contributed by atoms with Gasteiger partial charge in [-0.05, 0) is 31.0 Å². The number of hydrogen-bond donors (Lipinski definition) is 2. The van der Waals surface area contributed by atoms with Gasteiger partial charge in [-0.25, -0.2) is 4.79 Å². The summed E-state index contributed by atoms with van der Waals surface area (Å²) in [5, 5.41) is 6.02. The van der Waals surface area contributed by atoms with Crippen molar-refractivity contribution in [3.63, 3.8) is 0 Å². The fourth-order valence-corrected chi connectivity index (χ4v) is 2.41. The molecule has 1 aromatic carbocycles. The molecule has 5 heteroatoms. The zero-order valence-corrected chi connectivity index (χ0v) is 11.6. The van der Waals surface area contributed by atoms with Crippen LogP contribution >= 0.6 is 0 Å². The van der Waals surface area contributed by atoms with E-state index < -0.39 is 0 Å². The fourth-order valence-electron chi connectivity index (χ4n) is 2.41. The number of benzene rings is 1. The lowest BCUT2D eigenvalue weighted by molar-refractivity contribution is -0.120. The van der Waals surface area contributed by atoms with E-state index in [-0.39, 0.29) is 18.4 Å². The van der Waals surface area contributed by atoms with E-state index in [4.69, 9.17) is 0 Å². The maximum absolute atomic E-state index is 11.8. The molecule has 5 nitrogen and oxygen atoms in total. The van der Waals surface area contributed by atoms with Crippen molar-refractivity contribution in [1.29, 1.82) is 0 Å². The lowest BCUT2D eigenvalue weighted by Gasteiger charge is -2.13. The van der Waals surface area contributed by atoms with Gasteiger partial charge in [-0.1, -0.05) is 18.9 Å². The topological polar surface area (TPSA) is 67.4 Å². The number of carbonyl (C=O) groups excluding carboxylic acids is 2. The van der Waals surface area contributed by atoms with E-state index in [9.17, 15) is 9.59 Å². The molecule has 0 heterocycles. The lowest BCUT2D eigenvalue weighted by atomic mass is 10.2. The average molecular weight is 276 g/mol. The minimum absolute atomic E-state index is 0.0135. The summed E-state index contributed by atoms with van der Waals surface area (Å²) < 4.78 is 4.66. The van der Waals surface area contributed by atoms with E-state index in [0.29, 0.717) is 11.6 Å². The van der Waals surface area contributed by atoms with Crippen molar-refractivity contribution < 1.29 is 14.3 Å². The van der Waals surface area contributed by atoms with Gasteiger partial charge in [0.25, 0.3) is 0 Å². The first kappa shape index (κ1) is 14.4. The monoisotopic (exact) mass is 276 g/mol. The van der Waals surface area contributed by atoms with Gasteiger partial charge >= 0.3 is 5.97 Å². The average Bonchev–Trinajstić information content (AvgIpc) is 2.97. The lowest BCUT2D eigenvalue weighted by Crippen LogP contribution is -2.36. The van der Waals surface area contributed by atoms with Gasteiger partial charge in [-0.15, -0.1) is 0 Å². The minimum Gasteiger partial charge on any atom is -0.465 e. The third-order valence-electron chi connectivity index (χ3n) is 3.46. The number of rotatable bonds is 5. The Balaban J connectivity index is 1.83. The molecule has 0 bridgehead atoms. The van der Waals surface area contributed by atoms with Crippen molar-refractivity contribution in [1.82, 2.24) is 5.32 Å². The van der Waals surface area contributed by atoms with E-state index >= 15 is 0 Å². The second kappa shape index (κ2) is 6.93. The normalized spacial score (nSPS) is 14.8. The van der Waals surface area contributed by atoms with E-state index in [2.05, 4.69) is 15.4 Å². The van der Waals surface area contributed by atoms with Gasteiger partial charge in [0.2, 0.25) is 5.91 Å². The Bertz CT molecular complexity index is 482. The summed E-state index contributed by atoms with van der Waals surface area (Å²) in [5.74, 6) is -0.399. The zero-order chi connectivity index (χ0) is 14.4. The number of carbonyl (C=O) groups is 2. The Morgan fingerprint density at radius 1 is 1.30 bits per heavy atom. The molecule has 0 aromatic heterocycles. The molecule has 0 saturated heterocycles. The first-order chi connectivity index (χ1) is 9.69. The molecular formula is C15H20N2O3. The molecule has 1 saturated carbocycles. The van der Waals surface area contributed by atoms with Crippen LogP contribution < -0.4 is 10.6 Å². The van der Waals surface area contributed by atoms with E-state index in [1.54, 1.807) is 18.2 Å². The van der Waals surface area contributed by atoms with Crippen LogP contribution in [0.2, 0.25) is 0 Å². The molecule has 108 valence electrons. The predicted octanol–water partition coefficient (Wildman–Crippen LogP) is 1.94. The Hall–Kier alpha value is -2.04. The SMILES string of the molecule is COC(=O)c1cccc(NCC(=O)NC2CCCC2)c1. The van der Waals surface area contributed by atoms with E-state index in [0.717, 1.165) is 18.5 Å². The standard InChI is InChI=1S/C15H20N2O3/c1-20-15(19)11-5-4-8-13(9-11)16-10-14(18)17-12-6-2-3-7-12/h4-5,8-9,12,16H,2-3,6-7,10H2,1H3,(H,17,18). The number of hydrogen-bond acceptors (Lipinski definition) is 4. The number of ether oxygens (including phenoxy) is 1. The van der Waals surface area contributed by atoms with Gasteiger partial charge in [0, 0.05) is 11.7 Å². The molecule has 0 spiro atoms. The quantitative estimate of drug-likeness (QED) is 0.807. The Kier molecular flexibility index (Phi) is 4.98. The molecule has 0 aliphatic heterocycles. The zero-order valence-electron chi connectivity index (χ0n) is 11.6. The van der Waals surface area contributed by atoms with Gasteiger partial charge in [-0.2, -0.15) is 0 Å². The molecule has 0 atom stereocenters. The highest BCUT2D eigenvalue weighted by atomic mass is 16.5. The molecule has 2 rings (SSSR count). The van der Waals surface area contributed by atoms with Gasteiger partial charge in [0.05, 0.1) is 19.2 Å². The summed E-state index contributed by atoms with van der Waals surface area (Å²) in [7, 11) is 1.34. The summed E-state index contributed by atoms with van der Waals surface area (Å²) in [6, 6.07) is 7.24. The molecular weight excluding hydrogens is 256 g/mol. The molecule has 1 amide bonds. The molecule has 2 N–H and O–H groups in total. The van der Waals surface area contributed by atoms with Gasteiger partial charge in [-0.3, -0.25) is 4.79 Å². The van der Waals surface area contributed by atoms with Crippen molar-refractivity contribution >= 4 is 17.6 Å². The van der Waals surface area contributed by atoms with Crippen LogP contribution in [0.1, 0.15) is 36.0 Å². The number of amides is 1. The van der Waals surface area contributed by atoms with E-state index in [1.807, 2.05) is 6.07 Å². The first-order valence-electron chi connectivity index (χ1n) is 6.90. The number of methoxy groups -OCH3 is 1. The summed E-state index contributed by atoms with van der Waals surface area (Å²) in [4.78, 5) is 23.2. The van der Waals surface area contributed by atoms with Crippen LogP contribution in [0.25, 0.3) is 0 Å². The van der Waals surface area contributed by atoms with Crippen molar-refractivity contribution in [3.8, 4) is 0 Å². The molecule has 1 aliphatic rings. The van der Waals surface area contributed by atoms with Crippen LogP contribution in [0.5, 0.6) is 0 Å². The van der Waals surface area contributed by atoms with Gasteiger partial charge in [0.1, 0.15) is 0 Å². The Labute approximate surface area is 118 Å². The van der Waals surface area contributed by atoms with Crippen molar-refractivity contribution in [3.05, 3.63) is 29.8 Å². The molecule has 1 fully saturated rings. The second-order valence-corrected chi connectivity index (χ2v) is 4.97. The smallest absolute Gasteiger partial charge is 0.337 e. The van der Waals surface area contributed by atoms with Crippen molar-refractivity contribution in [2.24, 2.45) is 0 Å². The Morgan fingerprint density at radius 2 is 2.05 bits per heavy atom. The summed E-state index contributed by atoms with van der Waals surface area (Å²) >= 11 is 0. The van der Waals surface area contributed by atoms with Gasteiger partial charge < -0.3 is 15.4 Å². The Morgan fingerprint density at radius 3 is 2.75 bits per heavy atom. The van der Waals surface area contributed by atoms with Crippen molar-refractivity contribution in [2.45, 2.75) is 31.7 Å². The fraction of sp³-hybridized carbons (Fsp3) is 0.467.